The first-order chi connectivity index (χ1) is 16.1. The van der Waals surface area contributed by atoms with E-state index in [1.165, 1.54) is 11.3 Å². The Morgan fingerprint density at radius 3 is 2.94 bits per heavy atom. The van der Waals surface area contributed by atoms with E-state index < -0.39 is 0 Å². The normalized spacial score (nSPS) is 15.8. The molecular formula is C25H24ClN3O3S. The first-order valence-corrected chi connectivity index (χ1v) is 12.2. The summed E-state index contributed by atoms with van der Waals surface area (Å²) in [7, 11) is 0. The molecule has 4 heterocycles. The number of amides is 1. The number of carbonyl (C=O) groups excluding carboxylic acids is 1. The number of nitrogens with zero attached hydrogens (tertiary/aromatic N) is 2. The predicted octanol–water partition coefficient (Wildman–Crippen LogP) is 5.79. The molecular weight excluding hydrogens is 458 g/mol. The van der Waals surface area contributed by atoms with Gasteiger partial charge in [0.05, 0.1) is 40.9 Å². The highest BCUT2D eigenvalue weighted by Crippen LogP contribution is 2.34. The highest BCUT2D eigenvalue weighted by atomic mass is 35.5. The fourth-order valence-electron chi connectivity index (χ4n) is 4.11. The Kier molecular flexibility index (Phi) is 6.35. The molecule has 1 fully saturated rings. The second-order valence-corrected chi connectivity index (χ2v) is 9.32. The molecule has 170 valence electrons. The summed E-state index contributed by atoms with van der Waals surface area (Å²) >= 11 is 7.92. The molecule has 8 heteroatoms. The number of rotatable bonds is 7. The van der Waals surface area contributed by atoms with Crippen molar-refractivity contribution in [3.8, 4) is 22.0 Å². The number of benzene rings is 1. The van der Waals surface area contributed by atoms with Gasteiger partial charge in [-0.15, -0.1) is 11.3 Å². The predicted molar refractivity (Wildman–Crippen MR) is 130 cm³/mol. The highest BCUT2D eigenvalue weighted by molar-refractivity contribution is 7.13. The van der Waals surface area contributed by atoms with Gasteiger partial charge in [0.1, 0.15) is 10.8 Å². The summed E-state index contributed by atoms with van der Waals surface area (Å²) in [6.07, 6.45) is 3.77. The van der Waals surface area contributed by atoms with Crippen molar-refractivity contribution in [3.63, 3.8) is 0 Å². The van der Waals surface area contributed by atoms with Crippen LogP contribution in [0.15, 0.2) is 58.5 Å². The Hall–Kier alpha value is -2.87. The van der Waals surface area contributed by atoms with Crippen LogP contribution in [-0.2, 0) is 11.3 Å². The molecule has 1 aliphatic heterocycles. The van der Waals surface area contributed by atoms with Crippen LogP contribution in [0.4, 0.5) is 0 Å². The van der Waals surface area contributed by atoms with E-state index in [1.807, 2.05) is 54.8 Å². The lowest BCUT2D eigenvalue weighted by Gasteiger charge is -2.11. The van der Waals surface area contributed by atoms with Crippen LogP contribution in [0.5, 0.6) is 0 Å². The summed E-state index contributed by atoms with van der Waals surface area (Å²) in [4.78, 5) is 17.9. The van der Waals surface area contributed by atoms with Gasteiger partial charge in [-0.2, -0.15) is 0 Å². The lowest BCUT2D eigenvalue weighted by molar-refractivity contribution is 0.0857. The summed E-state index contributed by atoms with van der Waals surface area (Å²) in [5.74, 6) is 0.701. The maximum Gasteiger partial charge on any atom is 0.253 e. The fourth-order valence-corrected chi connectivity index (χ4v) is 5.24. The van der Waals surface area contributed by atoms with Crippen LogP contribution in [0.1, 0.15) is 34.7 Å². The smallest absolute Gasteiger partial charge is 0.253 e. The summed E-state index contributed by atoms with van der Waals surface area (Å²) in [5, 5.41) is 6.53. The number of furan rings is 1. The van der Waals surface area contributed by atoms with Gasteiger partial charge in [-0.1, -0.05) is 29.8 Å². The van der Waals surface area contributed by atoms with Crippen molar-refractivity contribution >= 4 is 28.8 Å². The number of carbonyl (C=O) groups is 1. The SMILES string of the molecule is Cc1c(C(=O)NCC2CCCO2)cc(-c2csc(-c3ccccc3Cl)n2)n1Cc1ccco1. The monoisotopic (exact) mass is 481 g/mol. The summed E-state index contributed by atoms with van der Waals surface area (Å²) < 4.78 is 13.3. The van der Waals surface area contributed by atoms with Gasteiger partial charge in [-0.3, -0.25) is 4.79 Å². The van der Waals surface area contributed by atoms with Crippen LogP contribution in [0.2, 0.25) is 5.02 Å². The molecule has 0 aliphatic carbocycles. The molecule has 1 N–H and O–H groups in total. The first kappa shape index (κ1) is 21.9. The Bertz CT molecular complexity index is 1260. The Morgan fingerprint density at radius 2 is 2.18 bits per heavy atom. The Morgan fingerprint density at radius 1 is 1.30 bits per heavy atom. The van der Waals surface area contributed by atoms with E-state index in [2.05, 4.69) is 9.88 Å². The minimum Gasteiger partial charge on any atom is -0.467 e. The van der Waals surface area contributed by atoms with Crippen LogP contribution in [0, 0.1) is 6.92 Å². The van der Waals surface area contributed by atoms with Crippen LogP contribution < -0.4 is 5.32 Å². The van der Waals surface area contributed by atoms with Gasteiger partial charge in [-0.25, -0.2) is 4.98 Å². The molecule has 1 aliphatic rings. The van der Waals surface area contributed by atoms with Crippen molar-refractivity contribution < 1.29 is 13.9 Å². The molecule has 3 aromatic heterocycles. The molecule has 0 saturated carbocycles. The van der Waals surface area contributed by atoms with Crippen LogP contribution in [-0.4, -0.2) is 34.7 Å². The number of halogens is 1. The zero-order valence-corrected chi connectivity index (χ0v) is 19.8. The zero-order chi connectivity index (χ0) is 22.8. The summed E-state index contributed by atoms with van der Waals surface area (Å²) in [6.45, 7) is 3.74. The van der Waals surface area contributed by atoms with Crippen LogP contribution in [0.3, 0.4) is 0 Å². The third-order valence-electron chi connectivity index (χ3n) is 5.89. The molecule has 5 rings (SSSR count). The zero-order valence-electron chi connectivity index (χ0n) is 18.2. The standard InChI is InChI=1S/C25H24ClN3O3S/c1-16-20(24(30)27-13-17-6-4-10-31-17)12-23(29(16)14-18-7-5-11-32-18)22-15-33-25(28-22)19-8-2-3-9-21(19)26/h2-3,5,7-9,11-12,15,17H,4,6,10,13-14H2,1H3,(H,27,30). The minimum absolute atomic E-state index is 0.0932. The third kappa shape index (κ3) is 4.62. The fraction of sp³-hybridized carbons (Fsp3) is 0.280. The molecule has 4 aromatic rings. The van der Waals surface area contributed by atoms with E-state index in [0.717, 1.165) is 52.9 Å². The lowest BCUT2D eigenvalue weighted by Crippen LogP contribution is -2.32. The van der Waals surface area contributed by atoms with Crippen molar-refractivity contribution in [1.82, 2.24) is 14.9 Å². The van der Waals surface area contributed by atoms with E-state index in [9.17, 15) is 4.79 Å². The number of hydrogen-bond acceptors (Lipinski definition) is 5. The second kappa shape index (κ2) is 9.55. The van der Waals surface area contributed by atoms with Gasteiger partial charge in [-0.05, 0) is 44.0 Å². The number of hydrogen-bond donors (Lipinski definition) is 1. The number of ether oxygens (including phenoxy) is 1. The van der Waals surface area contributed by atoms with Crippen molar-refractivity contribution in [3.05, 3.63) is 76.1 Å². The largest absolute Gasteiger partial charge is 0.467 e. The van der Waals surface area contributed by atoms with Gasteiger partial charge in [0.2, 0.25) is 0 Å². The topological polar surface area (TPSA) is 69.3 Å². The molecule has 33 heavy (non-hydrogen) atoms. The summed E-state index contributed by atoms with van der Waals surface area (Å²) in [5.41, 5.74) is 4.04. The molecule has 6 nitrogen and oxygen atoms in total. The molecule has 0 bridgehead atoms. The van der Waals surface area contributed by atoms with Gasteiger partial charge in [0, 0.05) is 29.8 Å². The maximum atomic E-state index is 13.1. The second-order valence-electron chi connectivity index (χ2n) is 8.06. The summed E-state index contributed by atoms with van der Waals surface area (Å²) in [6, 6.07) is 13.4. The molecule has 1 unspecified atom stereocenters. The van der Waals surface area contributed by atoms with E-state index >= 15 is 0 Å². The van der Waals surface area contributed by atoms with E-state index in [0.29, 0.717) is 23.7 Å². The van der Waals surface area contributed by atoms with E-state index in [-0.39, 0.29) is 12.0 Å². The van der Waals surface area contributed by atoms with Crippen molar-refractivity contribution in [2.45, 2.75) is 32.4 Å². The van der Waals surface area contributed by atoms with Gasteiger partial charge < -0.3 is 19.0 Å². The van der Waals surface area contributed by atoms with Crippen molar-refractivity contribution in [2.24, 2.45) is 0 Å². The molecule has 1 aromatic carbocycles. The minimum atomic E-state index is -0.107. The van der Waals surface area contributed by atoms with Crippen LogP contribution in [0.25, 0.3) is 22.0 Å². The maximum absolute atomic E-state index is 13.1. The van der Waals surface area contributed by atoms with Gasteiger partial charge >= 0.3 is 0 Å². The van der Waals surface area contributed by atoms with Crippen LogP contribution >= 0.6 is 22.9 Å². The average molecular weight is 482 g/mol. The quantitative estimate of drug-likeness (QED) is 0.362. The number of thiazole rings is 1. The van der Waals surface area contributed by atoms with Crippen molar-refractivity contribution in [2.75, 3.05) is 13.2 Å². The molecule has 0 radical (unpaired) electrons. The number of aromatic nitrogens is 2. The van der Waals surface area contributed by atoms with Crippen molar-refractivity contribution in [1.29, 1.82) is 0 Å². The molecule has 1 amide bonds. The average Bonchev–Trinajstić information content (AvgIpc) is 3.62. The third-order valence-corrected chi connectivity index (χ3v) is 7.10. The molecule has 1 atom stereocenters. The molecule has 1 saturated heterocycles. The van der Waals surface area contributed by atoms with E-state index in [1.54, 1.807) is 6.26 Å². The highest BCUT2D eigenvalue weighted by Gasteiger charge is 2.23. The number of nitrogens with one attached hydrogen (secondary N) is 1. The van der Waals surface area contributed by atoms with Gasteiger partial charge in [0.15, 0.2) is 0 Å². The molecule has 0 spiro atoms. The van der Waals surface area contributed by atoms with E-state index in [4.69, 9.17) is 25.7 Å². The Labute approximate surface area is 201 Å². The Balaban J connectivity index is 1.48. The first-order valence-electron chi connectivity index (χ1n) is 10.9. The lowest BCUT2D eigenvalue weighted by atomic mass is 10.2. The van der Waals surface area contributed by atoms with Gasteiger partial charge in [0.25, 0.3) is 5.91 Å².